The summed E-state index contributed by atoms with van der Waals surface area (Å²) >= 11 is 0. The molecule has 0 radical (unpaired) electrons. The van der Waals surface area contributed by atoms with E-state index in [1.165, 1.54) is 0 Å². The first-order valence-corrected chi connectivity index (χ1v) is 5.80. The van der Waals surface area contributed by atoms with Crippen molar-refractivity contribution in [3.63, 3.8) is 0 Å². The highest BCUT2D eigenvalue weighted by molar-refractivity contribution is 5.60. The summed E-state index contributed by atoms with van der Waals surface area (Å²) in [6, 6.07) is 9.27. The number of hydrogen-bond donors (Lipinski definition) is 1. The SMILES string of the molecule is Cc1ccnc(-n2cnc(-c3cccc(N)c3)n2)n1. The number of anilines is 1. The largest absolute Gasteiger partial charge is 0.399 e. The van der Waals surface area contributed by atoms with E-state index in [4.69, 9.17) is 5.73 Å². The van der Waals surface area contributed by atoms with E-state index in [1.807, 2.05) is 37.3 Å². The third-order valence-electron chi connectivity index (χ3n) is 2.62. The van der Waals surface area contributed by atoms with Crippen molar-refractivity contribution in [2.24, 2.45) is 0 Å². The van der Waals surface area contributed by atoms with Crippen LogP contribution < -0.4 is 5.73 Å². The zero-order valence-corrected chi connectivity index (χ0v) is 10.4. The fraction of sp³-hybridized carbons (Fsp3) is 0.0769. The van der Waals surface area contributed by atoms with Crippen molar-refractivity contribution in [2.45, 2.75) is 6.92 Å². The summed E-state index contributed by atoms with van der Waals surface area (Å²) in [5, 5.41) is 4.36. The van der Waals surface area contributed by atoms with E-state index >= 15 is 0 Å². The highest BCUT2D eigenvalue weighted by Gasteiger charge is 2.07. The van der Waals surface area contributed by atoms with Crippen molar-refractivity contribution in [3.05, 3.63) is 48.5 Å². The molecule has 0 unspecified atom stereocenters. The first-order chi connectivity index (χ1) is 9.22. The molecule has 0 spiro atoms. The summed E-state index contributed by atoms with van der Waals surface area (Å²) in [4.78, 5) is 12.7. The quantitative estimate of drug-likeness (QED) is 0.701. The molecule has 0 saturated heterocycles. The molecule has 3 rings (SSSR count). The van der Waals surface area contributed by atoms with Crippen LogP contribution in [0.2, 0.25) is 0 Å². The van der Waals surface area contributed by atoms with E-state index in [9.17, 15) is 0 Å². The molecule has 0 saturated carbocycles. The van der Waals surface area contributed by atoms with E-state index in [0.29, 0.717) is 17.5 Å². The molecule has 0 aliphatic carbocycles. The standard InChI is InChI=1S/C13H12N6/c1-9-5-6-15-13(17-9)19-8-16-12(18-19)10-3-2-4-11(14)7-10/h2-8H,14H2,1H3. The summed E-state index contributed by atoms with van der Waals surface area (Å²) in [5.41, 5.74) is 8.18. The maximum Gasteiger partial charge on any atom is 0.252 e. The van der Waals surface area contributed by atoms with Gasteiger partial charge in [-0.1, -0.05) is 12.1 Å². The molecular weight excluding hydrogens is 240 g/mol. The predicted octanol–water partition coefficient (Wildman–Crippen LogP) is 1.61. The number of aromatic nitrogens is 5. The smallest absolute Gasteiger partial charge is 0.252 e. The molecule has 6 nitrogen and oxygen atoms in total. The molecule has 0 bridgehead atoms. The highest BCUT2D eigenvalue weighted by Crippen LogP contribution is 2.17. The number of benzene rings is 1. The topological polar surface area (TPSA) is 82.5 Å². The van der Waals surface area contributed by atoms with Crippen LogP contribution in [0.4, 0.5) is 5.69 Å². The van der Waals surface area contributed by atoms with E-state index < -0.39 is 0 Å². The molecule has 2 heterocycles. The van der Waals surface area contributed by atoms with Crippen LogP contribution in [0.25, 0.3) is 17.3 Å². The van der Waals surface area contributed by atoms with Crippen LogP contribution in [-0.4, -0.2) is 24.7 Å². The minimum atomic E-state index is 0.502. The fourth-order valence-corrected chi connectivity index (χ4v) is 1.72. The molecule has 0 atom stereocenters. The van der Waals surface area contributed by atoms with E-state index in [-0.39, 0.29) is 0 Å². The Morgan fingerprint density at radius 3 is 2.84 bits per heavy atom. The fourth-order valence-electron chi connectivity index (χ4n) is 1.72. The van der Waals surface area contributed by atoms with Gasteiger partial charge in [-0.15, -0.1) is 5.10 Å². The lowest BCUT2D eigenvalue weighted by Gasteiger charge is -1.99. The lowest BCUT2D eigenvalue weighted by molar-refractivity contribution is 0.801. The lowest BCUT2D eigenvalue weighted by Crippen LogP contribution is -2.02. The van der Waals surface area contributed by atoms with Crippen molar-refractivity contribution >= 4 is 5.69 Å². The second kappa shape index (κ2) is 4.49. The van der Waals surface area contributed by atoms with Gasteiger partial charge in [0.1, 0.15) is 6.33 Å². The molecule has 0 fully saturated rings. The van der Waals surface area contributed by atoms with Crippen molar-refractivity contribution in [3.8, 4) is 17.3 Å². The van der Waals surface area contributed by atoms with Crippen molar-refractivity contribution < 1.29 is 0 Å². The van der Waals surface area contributed by atoms with Gasteiger partial charge in [0.2, 0.25) is 0 Å². The number of nitrogens with two attached hydrogens (primary N) is 1. The lowest BCUT2D eigenvalue weighted by atomic mass is 10.2. The number of hydrogen-bond acceptors (Lipinski definition) is 5. The zero-order chi connectivity index (χ0) is 13.2. The van der Waals surface area contributed by atoms with Crippen LogP contribution in [-0.2, 0) is 0 Å². The normalized spacial score (nSPS) is 10.6. The van der Waals surface area contributed by atoms with Gasteiger partial charge >= 0.3 is 0 Å². The maximum atomic E-state index is 5.75. The number of rotatable bonds is 2. The molecule has 2 N–H and O–H groups in total. The van der Waals surface area contributed by atoms with Crippen molar-refractivity contribution in [1.29, 1.82) is 0 Å². The monoisotopic (exact) mass is 252 g/mol. The molecule has 2 aromatic heterocycles. The van der Waals surface area contributed by atoms with Crippen LogP contribution >= 0.6 is 0 Å². The zero-order valence-electron chi connectivity index (χ0n) is 10.4. The van der Waals surface area contributed by atoms with Gasteiger partial charge in [0.15, 0.2) is 5.82 Å². The Morgan fingerprint density at radius 1 is 1.16 bits per heavy atom. The van der Waals surface area contributed by atoms with Crippen LogP contribution in [0.1, 0.15) is 5.69 Å². The third-order valence-corrected chi connectivity index (χ3v) is 2.62. The van der Waals surface area contributed by atoms with E-state index in [1.54, 1.807) is 17.2 Å². The average molecular weight is 252 g/mol. The Balaban J connectivity index is 2.00. The van der Waals surface area contributed by atoms with Gasteiger partial charge in [0.05, 0.1) is 0 Å². The van der Waals surface area contributed by atoms with Crippen LogP contribution in [0.3, 0.4) is 0 Å². The van der Waals surface area contributed by atoms with Gasteiger partial charge in [-0.05, 0) is 25.1 Å². The van der Waals surface area contributed by atoms with E-state index in [0.717, 1.165) is 11.3 Å². The van der Waals surface area contributed by atoms with Crippen LogP contribution in [0.5, 0.6) is 0 Å². The molecule has 94 valence electrons. The molecule has 0 amide bonds. The first-order valence-electron chi connectivity index (χ1n) is 5.80. The van der Waals surface area contributed by atoms with Gasteiger partial charge in [-0.25, -0.2) is 15.0 Å². The number of nitrogens with zero attached hydrogens (tertiary/aromatic N) is 5. The van der Waals surface area contributed by atoms with Crippen molar-refractivity contribution in [2.75, 3.05) is 5.73 Å². The summed E-state index contributed by atoms with van der Waals surface area (Å²) in [5.74, 6) is 1.10. The van der Waals surface area contributed by atoms with E-state index in [2.05, 4.69) is 20.1 Å². The average Bonchev–Trinajstić information content (AvgIpc) is 2.88. The summed E-state index contributed by atoms with van der Waals surface area (Å²) in [6.07, 6.45) is 3.28. The minimum Gasteiger partial charge on any atom is -0.399 e. The molecule has 19 heavy (non-hydrogen) atoms. The Kier molecular flexibility index (Phi) is 2.68. The van der Waals surface area contributed by atoms with Gasteiger partial charge in [-0.3, -0.25) is 0 Å². The molecule has 1 aromatic carbocycles. The minimum absolute atomic E-state index is 0.502. The number of nitrogen functional groups attached to an aromatic ring is 1. The molecular formula is C13H12N6. The molecule has 6 heteroatoms. The molecule has 0 aliphatic rings. The van der Waals surface area contributed by atoms with Crippen LogP contribution in [0, 0.1) is 6.92 Å². The predicted molar refractivity (Wildman–Crippen MR) is 71.5 cm³/mol. The number of aryl methyl sites for hydroxylation is 1. The molecule has 3 aromatic rings. The Morgan fingerprint density at radius 2 is 2.05 bits per heavy atom. The summed E-state index contributed by atoms with van der Waals surface area (Å²) in [7, 11) is 0. The van der Waals surface area contributed by atoms with Gasteiger partial charge in [-0.2, -0.15) is 4.68 Å². The Bertz CT molecular complexity index is 658. The highest BCUT2D eigenvalue weighted by atomic mass is 15.4. The second-order valence-corrected chi connectivity index (χ2v) is 4.14. The maximum absolute atomic E-state index is 5.75. The second-order valence-electron chi connectivity index (χ2n) is 4.14. The van der Waals surface area contributed by atoms with Gasteiger partial charge in [0, 0.05) is 23.1 Å². The summed E-state index contributed by atoms with van der Waals surface area (Å²) < 4.78 is 1.55. The van der Waals surface area contributed by atoms with Crippen LogP contribution in [0.15, 0.2) is 42.9 Å². The van der Waals surface area contributed by atoms with Gasteiger partial charge < -0.3 is 5.73 Å². The van der Waals surface area contributed by atoms with Crippen molar-refractivity contribution in [1.82, 2.24) is 24.7 Å². The summed E-state index contributed by atoms with van der Waals surface area (Å²) in [6.45, 7) is 1.90. The van der Waals surface area contributed by atoms with Gasteiger partial charge in [0.25, 0.3) is 5.95 Å². The third kappa shape index (κ3) is 2.28. The Hall–Kier alpha value is -2.76. The first kappa shape index (κ1) is 11.3. The molecule has 0 aliphatic heterocycles. The Labute approximate surface area is 110 Å².